The molecule has 2 N–H and O–H groups in total. The number of benzene rings is 1. The Balaban J connectivity index is 2.90. The van der Waals surface area contributed by atoms with Gasteiger partial charge in [0.1, 0.15) is 5.82 Å². The van der Waals surface area contributed by atoms with Gasteiger partial charge in [-0.15, -0.1) is 0 Å². The lowest BCUT2D eigenvalue weighted by Gasteiger charge is -2.02. The lowest BCUT2D eigenvalue weighted by atomic mass is 10.1. The Morgan fingerprint density at radius 2 is 1.92 bits per heavy atom. The minimum atomic E-state index is -0.532. The Kier molecular flexibility index (Phi) is 2.55. The molecule has 0 fully saturated rings. The molecule has 0 saturated carbocycles. The number of nitrogens with two attached hydrogens (primary N) is 1. The van der Waals surface area contributed by atoms with Crippen LogP contribution in [-0.4, -0.2) is 11.8 Å². The van der Waals surface area contributed by atoms with Gasteiger partial charge < -0.3 is 5.73 Å². The lowest BCUT2D eigenvalue weighted by molar-refractivity contribution is 0.0968. The minimum absolute atomic E-state index is 0.171. The van der Waals surface area contributed by atoms with E-state index in [1.165, 1.54) is 24.3 Å². The molecule has 0 bridgehead atoms. The third kappa shape index (κ3) is 1.89. The molecule has 1 aromatic rings. The van der Waals surface area contributed by atoms with Gasteiger partial charge in [-0.2, -0.15) is 0 Å². The first-order valence-corrected chi connectivity index (χ1v) is 3.66. The zero-order valence-corrected chi connectivity index (χ0v) is 6.75. The molecule has 1 rings (SSSR count). The van der Waals surface area contributed by atoms with Crippen LogP contribution in [0.2, 0.25) is 0 Å². The third-order valence-electron chi connectivity index (χ3n) is 1.54. The fourth-order valence-corrected chi connectivity index (χ4v) is 0.877. The van der Waals surface area contributed by atoms with Gasteiger partial charge in [-0.3, -0.25) is 4.79 Å². The summed E-state index contributed by atoms with van der Waals surface area (Å²) in [6.45, 7) is 1.60. The molecule has 3 heteroatoms. The second kappa shape index (κ2) is 3.45. The maximum Gasteiger partial charge on any atom is 0.179 e. The number of rotatable bonds is 2. The van der Waals surface area contributed by atoms with Crippen LogP contribution in [0.25, 0.3) is 0 Å². The molecule has 0 spiro atoms. The molecule has 0 aliphatic heterocycles. The molecule has 2 nitrogen and oxygen atoms in total. The molecule has 0 saturated heterocycles. The average molecular weight is 167 g/mol. The zero-order chi connectivity index (χ0) is 9.14. The normalized spacial score (nSPS) is 12.6. The molecule has 12 heavy (non-hydrogen) atoms. The van der Waals surface area contributed by atoms with E-state index in [-0.39, 0.29) is 11.6 Å². The van der Waals surface area contributed by atoms with Gasteiger partial charge in [0, 0.05) is 5.56 Å². The van der Waals surface area contributed by atoms with Crippen LogP contribution in [0, 0.1) is 5.82 Å². The van der Waals surface area contributed by atoms with Gasteiger partial charge in [0.2, 0.25) is 0 Å². The van der Waals surface area contributed by atoms with Crippen molar-refractivity contribution in [2.75, 3.05) is 0 Å². The lowest BCUT2D eigenvalue weighted by Crippen LogP contribution is -2.26. The summed E-state index contributed by atoms with van der Waals surface area (Å²) in [5.74, 6) is -0.522. The van der Waals surface area contributed by atoms with Crippen LogP contribution in [0.4, 0.5) is 4.39 Å². The molecule has 64 valence electrons. The summed E-state index contributed by atoms with van der Waals surface area (Å²) in [4.78, 5) is 11.2. The van der Waals surface area contributed by atoms with Crippen molar-refractivity contribution in [3.8, 4) is 0 Å². The van der Waals surface area contributed by atoms with Crippen LogP contribution in [0.5, 0.6) is 0 Å². The second-order valence-corrected chi connectivity index (χ2v) is 2.66. The Morgan fingerprint density at radius 3 is 2.33 bits per heavy atom. The molecule has 0 aliphatic carbocycles. The van der Waals surface area contributed by atoms with Gasteiger partial charge in [0.05, 0.1) is 6.04 Å². The SMILES string of the molecule is CC(N)C(=O)c1ccc(F)cc1. The van der Waals surface area contributed by atoms with Crippen molar-refractivity contribution in [3.63, 3.8) is 0 Å². The van der Waals surface area contributed by atoms with E-state index in [1.807, 2.05) is 0 Å². The van der Waals surface area contributed by atoms with E-state index in [9.17, 15) is 9.18 Å². The van der Waals surface area contributed by atoms with Crippen molar-refractivity contribution in [1.29, 1.82) is 0 Å². The maximum atomic E-state index is 12.4. The van der Waals surface area contributed by atoms with E-state index in [0.29, 0.717) is 5.56 Å². The molecule has 0 radical (unpaired) electrons. The van der Waals surface area contributed by atoms with Gasteiger partial charge in [-0.25, -0.2) is 4.39 Å². The van der Waals surface area contributed by atoms with Crippen LogP contribution in [0.3, 0.4) is 0 Å². The number of hydrogen-bond acceptors (Lipinski definition) is 2. The highest BCUT2D eigenvalue weighted by molar-refractivity contribution is 5.99. The summed E-state index contributed by atoms with van der Waals surface area (Å²) < 4.78 is 12.4. The highest BCUT2D eigenvalue weighted by Crippen LogP contribution is 2.04. The van der Waals surface area contributed by atoms with E-state index >= 15 is 0 Å². The minimum Gasteiger partial charge on any atom is -0.321 e. The van der Waals surface area contributed by atoms with Gasteiger partial charge in [-0.05, 0) is 31.2 Å². The quantitative estimate of drug-likeness (QED) is 0.676. The summed E-state index contributed by atoms with van der Waals surface area (Å²) in [5.41, 5.74) is 5.81. The molecule has 0 heterocycles. The third-order valence-corrected chi connectivity index (χ3v) is 1.54. The van der Waals surface area contributed by atoms with Gasteiger partial charge in [0.25, 0.3) is 0 Å². The number of Topliss-reactive ketones (excluding diaryl/α,β-unsaturated/α-hetero) is 1. The fraction of sp³-hybridized carbons (Fsp3) is 0.222. The Morgan fingerprint density at radius 1 is 1.42 bits per heavy atom. The monoisotopic (exact) mass is 167 g/mol. The Labute approximate surface area is 70.2 Å². The molecular formula is C9H10FNO. The van der Waals surface area contributed by atoms with E-state index in [1.54, 1.807) is 6.92 Å². The molecular weight excluding hydrogens is 157 g/mol. The highest BCUT2D eigenvalue weighted by atomic mass is 19.1. The number of hydrogen-bond donors (Lipinski definition) is 1. The zero-order valence-electron chi connectivity index (χ0n) is 6.75. The van der Waals surface area contributed by atoms with E-state index in [4.69, 9.17) is 5.73 Å². The fourth-order valence-electron chi connectivity index (χ4n) is 0.877. The van der Waals surface area contributed by atoms with Crippen LogP contribution >= 0.6 is 0 Å². The molecule has 1 aromatic carbocycles. The van der Waals surface area contributed by atoms with Crippen LogP contribution in [-0.2, 0) is 0 Å². The molecule has 1 unspecified atom stereocenters. The summed E-state index contributed by atoms with van der Waals surface area (Å²) in [5, 5.41) is 0. The van der Waals surface area contributed by atoms with E-state index in [0.717, 1.165) is 0 Å². The van der Waals surface area contributed by atoms with Crippen LogP contribution < -0.4 is 5.73 Å². The van der Waals surface area contributed by atoms with Gasteiger partial charge in [0.15, 0.2) is 5.78 Å². The summed E-state index contributed by atoms with van der Waals surface area (Å²) in [7, 11) is 0. The predicted molar refractivity (Wildman–Crippen MR) is 44.4 cm³/mol. The van der Waals surface area contributed by atoms with Crippen molar-refractivity contribution >= 4 is 5.78 Å². The number of carbonyl (C=O) groups excluding carboxylic acids is 1. The highest BCUT2D eigenvalue weighted by Gasteiger charge is 2.09. The van der Waals surface area contributed by atoms with E-state index < -0.39 is 6.04 Å². The largest absolute Gasteiger partial charge is 0.321 e. The predicted octanol–water partition coefficient (Wildman–Crippen LogP) is 1.36. The number of ketones is 1. The molecule has 0 amide bonds. The summed E-state index contributed by atoms with van der Waals surface area (Å²) >= 11 is 0. The summed E-state index contributed by atoms with van der Waals surface area (Å²) in [6, 6.07) is 4.82. The maximum absolute atomic E-state index is 12.4. The smallest absolute Gasteiger partial charge is 0.179 e. The first-order chi connectivity index (χ1) is 5.61. The number of halogens is 1. The van der Waals surface area contributed by atoms with Crippen molar-refractivity contribution < 1.29 is 9.18 Å². The first-order valence-electron chi connectivity index (χ1n) is 3.66. The van der Waals surface area contributed by atoms with Crippen LogP contribution in [0.1, 0.15) is 17.3 Å². The molecule has 0 aromatic heterocycles. The topological polar surface area (TPSA) is 43.1 Å². The first kappa shape index (κ1) is 8.87. The van der Waals surface area contributed by atoms with Crippen molar-refractivity contribution in [2.24, 2.45) is 5.73 Å². The van der Waals surface area contributed by atoms with Crippen molar-refractivity contribution in [3.05, 3.63) is 35.6 Å². The van der Waals surface area contributed by atoms with E-state index in [2.05, 4.69) is 0 Å². The number of carbonyl (C=O) groups is 1. The standard InChI is InChI=1S/C9H10FNO/c1-6(11)9(12)7-2-4-8(10)5-3-7/h2-6H,11H2,1H3. The Bertz CT molecular complexity index is 279. The second-order valence-electron chi connectivity index (χ2n) is 2.66. The van der Waals surface area contributed by atoms with Crippen molar-refractivity contribution in [1.82, 2.24) is 0 Å². The molecule has 1 atom stereocenters. The van der Waals surface area contributed by atoms with Gasteiger partial charge >= 0.3 is 0 Å². The summed E-state index contributed by atoms with van der Waals surface area (Å²) in [6.07, 6.45) is 0. The molecule has 0 aliphatic rings. The van der Waals surface area contributed by atoms with Crippen molar-refractivity contribution in [2.45, 2.75) is 13.0 Å². The van der Waals surface area contributed by atoms with Gasteiger partial charge in [-0.1, -0.05) is 0 Å². The van der Waals surface area contributed by atoms with Crippen LogP contribution in [0.15, 0.2) is 24.3 Å². The Hall–Kier alpha value is -1.22. The average Bonchev–Trinajstić information content (AvgIpc) is 2.04.